The maximum Gasteiger partial charge on any atom is 0.131 e. The summed E-state index contributed by atoms with van der Waals surface area (Å²) < 4.78 is 0. The first kappa shape index (κ1) is 10.0. The third-order valence-electron chi connectivity index (χ3n) is 2.81. The van der Waals surface area contributed by atoms with Gasteiger partial charge in [-0.15, -0.1) is 12.3 Å². The molecular formula is C13H16N2. The van der Waals surface area contributed by atoms with Gasteiger partial charge in [0.2, 0.25) is 0 Å². The highest BCUT2D eigenvalue weighted by Gasteiger charge is 2.15. The van der Waals surface area contributed by atoms with Crippen LogP contribution in [0.3, 0.4) is 0 Å². The zero-order valence-corrected chi connectivity index (χ0v) is 8.95. The predicted octanol–water partition coefficient (Wildman–Crippen LogP) is 2.25. The zero-order valence-electron chi connectivity index (χ0n) is 8.95. The van der Waals surface area contributed by atoms with Crippen LogP contribution in [0.25, 0.3) is 0 Å². The first-order valence-corrected chi connectivity index (χ1v) is 5.54. The van der Waals surface area contributed by atoms with E-state index in [4.69, 9.17) is 6.42 Å². The largest absolute Gasteiger partial charge is 0.356 e. The Kier molecular flexibility index (Phi) is 3.24. The summed E-state index contributed by atoms with van der Waals surface area (Å²) in [6.45, 7) is 2.28. The summed E-state index contributed by atoms with van der Waals surface area (Å²) in [4.78, 5) is 6.84. The van der Waals surface area contributed by atoms with Gasteiger partial charge in [-0.1, -0.05) is 6.07 Å². The molecule has 15 heavy (non-hydrogen) atoms. The monoisotopic (exact) mass is 200 g/mol. The average molecular weight is 200 g/mol. The van der Waals surface area contributed by atoms with Crippen LogP contribution in [0.1, 0.15) is 24.8 Å². The molecule has 1 aromatic rings. The Balaban J connectivity index is 2.17. The van der Waals surface area contributed by atoms with Crippen molar-refractivity contribution in [3.05, 3.63) is 23.9 Å². The molecule has 0 spiro atoms. The number of pyridine rings is 1. The van der Waals surface area contributed by atoms with E-state index >= 15 is 0 Å². The van der Waals surface area contributed by atoms with Crippen molar-refractivity contribution in [2.24, 2.45) is 0 Å². The Morgan fingerprint density at radius 3 is 2.93 bits per heavy atom. The molecule has 2 heteroatoms. The van der Waals surface area contributed by atoms with Gasteiger partial charge >= 0.3 is 0 Å². The number of hydrogen-bond donors (Lipinski definition) is 0. The fourth-order valence-corrected chi connectivity index (χ4v) is 2.05. The standard InChI is InChI=1S/C13H16N2/c1-2-3-7-12-8-6-9-14-13(12)15-10-4-5-11-15/h1,6,8-9H,3-5,7,10-11H2. The lowest BCUT2D eigenvalue weighted by Gasteiger charge is -2.19. The van der Waals surface area contributed by atoms with E-state index in [1.54, 1.807) is 0 Å². The lowest BCUT2D eigenvalue weighted by molar-refractivity contribution is 0.901. The molecule has 0 unspecified atom stereocenters. The van der Waals surface area contributed by atoms with Crippen molar-refractivity contribution in [1.82, 2.24) is 4.98 Å². The van der Waals surface area contributed by atoms with E-state index in [9.17, 15) is 0 Å². The second-order valence-corrected chi connectivity index (χ2v) is 3.88. The molecule has 0 atom stereocenters. The third-order valence-corrected chi connectivity index (χ3v) is 2.81. The molecule has 0 radical (unpaired) electrons. The van der Waals surface area contributed by atoms with E-state index in [2.05, 4.69) is 21.9 Å². The summed E-state index contributed by atoms with van der Waals surface area (Å²) in [6, 6.07) is 4.13. The van der Waals surface area contributed by atoms with E-state index in [0.29, 0.717) is 0 Å². The summed E-state index contributed by atoms with van der Waals surface area (Å²) in [5, 5.41) is 0. The number of aromatic nitrogens is 1. The number of aryl methyl sites for hydroxylation is 1. The van der Waals surface area contributed by atoms with Crippen LogP contribution in [0.2, 0.25) is 0 Å². The van der Waals surface area contributed by atoms with Crippen molar-refractivity contribution in [1.29, 1.82) is 0 Å². The topological polar surface area (TPSA) is 16.1 Å². The van der Waals surface area contributed by atoms with Crippen molar-refractivity contribution in [2.45, 2.75) is 25.7 Å². The Hall–Kier alpha value is -1.49. The molecule has 0 bridgehead atoms. The fourth-order valence-electron chi connectivity index (χ4n) is 2.05. The molecule has 1 fully saturated rings. The van der Waals surface area contributed by atoms with Gasteiger partial charge in [0.15, 0.2) is 0 Å². The Morgan fingerprint density at radius 2 is 2.20 bits per heavy atom. The van der Waals surface area contributed by atoms with Gasteiger partial charge in [0.05, 0.1) is 0 Å². The molecule has 0 aliphatic carbocycles. The van der Waals surface area contributed by atoms with Gasteiger partial charge in [0, 0.05) is 25.7 Å². The SMILES string of the molecule is C#CCCc1cccnc1N1CCCC1. The lowest BCUT2D eigenvalue weighted by Crippen LogP contribution is -2.20. The minimum absolute atomic E-state index is 0.798. The molecule has 2 heterocycles. The molecule has 2 rings (SSSR count). The van der Waals surface area contributed by atoms with Crippen molar-refractivity contribution < 1.29 is 0 Å². The lowest BCUT2D eigenvalue weighted by atomic mass is 10.1. The van der Waals surface area contributed by atoms with Gasteiger partial charge in [-0.25, -0.2) is 4.98 Å². The maximum absolute atomic E-state index is 5.30. The highest BCUT2D eigenvalue weighted by Crippen LogP contribution is 2.22. The predicted molar refractivity (Wildman–Crippen MR) is 62.8 cm³/mol. The van der Waals surface area contributed by atoms with Crippen LogP contribution < -0.4 is 4.90 Å². The summed E-state index contributed by atoms with van der Waals surface area (Å²) in [5.41, 5.74) is 1.29. The second-order valence-electron chi connectivity index (χ2n) is 3.88. The molecule has 0 N–H and O–H groups in total. The van der Waals surface area contributed by atoms with E-state index in [1.165, 1.54) is 18.4 Å². The molecule has 0 amide bonds. The number of nitrogens with zero attached hydrogens (tertiary/aromatic N) is 2. The van der Waals surface area contributed by atoms with Crippen molar-refractivity contribution in [3.8, 4) is 12.3 Å². The molecule has 1 aliphatic rings. The highest BCUT2D eigenvalue weighted by atomic mass is 15.2. The number of terminal acetylenes is 1. The Bertz CT molecular complexity index is 359. The smallest absolute Gasteiger partial charge is 0.131 e. The van der Waals surface area contributed by atoms with Gasteiger partial charge in [-0.3, -0.25) is 0 Å². The van der Waals surface area contributed by atoms with E-state index in [1.807, 2.05) is 12.3 Å². The van der Waals surface area contributed by atoms with Crippen LogP contribution in [0, 0.1) is 12.3 Å². The number of rotatable bonds is 3. The second kappa shape index (κ2) is 4.84. The first-order chi connectivity index (χ1) is 7.42. The summed E-state index contributed by atoms with van der Waals surface area (Å²) in [7, 11) is 0. The van der Waals surface area contributed by atoms with Crippen LogP contribution in [0.4, 0.5) is 5.82 Å². The fraction of sp³-hybridized carbons (Fsp3) is 0.462. The molecule has 1 aromatic heterocycles. The van der Waals surface area contributed by atoms with Crippen molar-refractivity contribution in [3.63, 3.8) is 0 Å². The van der Waals surface area contributed by atoms with Gasteiger partial charge in [-0.05, 0) is 30.9 Å². The molecule has 0 saturated carbocycles. The molecule has 2 nitrogen and oxygen atoms in total. The molecule has 1 saturated heterocycles. The quantitative estimate of drug-likeness (QED) is 0.696. The summed E-state index contributed by atoms with van der Waals surface area (Å²) in [6.07, 6.45) is 11.5. The van der Waals surface area contributed by atoms with Crippen molar-refractivity contribution >= 4 is 5.82 Å². The molecular weight excluding hydrogens is 184 g/mol. The maximum atomic E-state index is 5.30. The first-order valence-electron chi connectivity index (χ1n) is 5.54. The molecule has 78 valence electrons. The van der Waals surface area contributed by atoms with Gasteiger partial charge in [0.1, 0.15) is 5.82 Å². The van der Waals surface area contributed by atoms with Crippen molar-refractivity contribution in [2.75, 3.05) is 18.0 Å². The summed E-state index contributed by atoms with van der Waals surface area (Å²) in [5.74, 6) is 3.83. The van der Waals surface area contributed by atoms with Crippen LogP contribution in [-0.2, 0) is 6.42 Å². The minimum Gasteiger partial charge on any atom is -0.356 e. The minimum atomic E-state index is 0.798. The third kappa shape index (κ3) is 2.30. The van der Waals surface area contributed by atoms with Gasteiger partial charge < -0.3 is 4.90 Å². The Morgan fingerprint density at radius 1 is 1.40 bits per heavy atom. The highest BCUT2D eigenvalue weighted by molar-refractivity contribution is 5.47. The van der Waals surface area contributed by atoms with E-state index in [0.717, 1.165) is 31.7 Å². The molecule has 1 aliphatic heterocycles. The van der Waals surface area contributed by atoms with Crippen LogP contribution in [0.15, 0.2) is 18.3 Å². The van der Waals surface area contributed by atoms with E-state index in [-0.39, 0.29) is 0 Å². The summed E-state index contributed by atoms with van der Waals surface area (Å²) >= 11 is 0. The Labute approximate surface area is 91.3 Å². The van der Waals surface area contributed by atoms with Gasteiger partial charge in [0.25, 0.3) is 0 Å². The average Bonchev–Trinajstić information content (AvgIpc) is 2.80. The normalized spacial score (nSPS) is 15.3. The van der Waals surface area contributed by atoms with Crippen LogP contribution in [-0.4, -0.2) is 18.1 Å². The van der Waals surface area contributed by atoms with Gasteiger partial charge in [-0.2, -0.15) is 0 Å². The molecule has 0 aromatic carbocycles. The zero-order chi connectivity index (χ0) is 10.5. The number of hydrogen-bond acceptors (Lipinski definition) is 2. The number of anilines is 1. The van der Waals surface area contributed by atoms with Crippen LogP contribution in [0.5, 0.6) is 0 Å². The van der Waals surface area contributed by atoms with Crippen LogP contribution >= 0.6 is 0 Å². The van der Waals surface area contributed by atoms with E-state index < -0.39 is 0 Å².